The van der Waals surface area contributed by atoms with Crippen LogP contribution in [0.4, 0.5) is 17.6 Å². The molecule has 1 atom stereocenters. The number of hydrogen-bond donors (Lipinski definition) is 2. The highest BCUT2D eigenvalue weighted by Crippen LogP contribution is 2.21. The molecule has 1 saturated heterocycles. The first kappa shape index (κ1) is 12.9. The van der Waals surface area contributed by atoms with Gasteiger partial charge in [0.25, 0.3) is 0 Å². The zero-order valence-corrected chi connectivity index (χ0v) is 11.3. The normalized spacial score (nSPS) is 20.7. The average Bonchev–Trinajstić information content (AvgIpc) is 2.37. The Morgan fingerprint density at radius 2 is 2.28 bits per heavy atom. The van der Waals surface area contributed by atoms with Crippen LogP contribution in [0, 0.1) is 0 Å². The lowest BCUT2D eigenvalue weighted by Gasteiger charge is -2.36. The predicted octanol–water partition coefficient (Wildman–Crippen LogP) is 0.631. The molecule has 1 unspecified atom stereocenters. The Labute approximate surface area is 108 Å². The van der Waals surface area contributed by atoms with Gasteiger partial charge in [-0.1, -0.05) is 0 Å². The molecule has 6 heteroatoms. The van der Waals surface area contributed by atoms with Crippen LogP contribution in [0.25, 0.3) is 0 Å². The number of likely N-dealkylation sites (N-methyl/N-ethyl adjacent to an activating group) is 2. The van der Waals surface area contributed by atoms with Gasteiger partial charge in [-0.15, -0.1) is 0 Å². The third-order valence-corrected chi connectivity index (χ3v) is 3.49. The van der Waals surface area contributed by atoms with Gasteiger partial charge < -0.3 is 20.9 Å². The summed E-state index contributed by atoms with van der Waals surface area (Å²) in [6, 6.07) is 2.42. The predicted molar refractivity (Wildman–Crippen MR) is 74.9 cm³/mol. The van der Waals surface area contributed by atoms with E-state index in [0.29, 0.717) is 12.0 Å². The van der Waals surface area contributed by atoms with Gasteiger partial charge in [-0.3, -0.25) is 0 Å². The second-order valence-corrected chi connectivity index (χ2v) is 4.89. The second-order valence-electron chi connectivity index (χ2n) is 4.89. The summed E-state index contributed by atoms with van der Waals surface area (Å²) in [5.74, 6) is 1.95. The Morgan fingerprint density at radius 1 is 1.50 bits per heavy atom. The number of piperidine rings is 1. The van der Waals surface area contributed by atoms with Crippen LogP contribution >= 0.6 is 0 Å². The molecule has 1 aliphatic heterocycles. The smallest absolute Gasteiger partial charge is 0.223 e. The van der Waals surface area contributed by atoms with Gasteiger partial charge in [0.15, 0.2) is 0 Å². The van der Waals surface area contributed by atoms with Crippen LogP contribution in [0.1, 0.15) is 12.8 Å². The van der Waals surface area contributed by atoms with E-state index in [-0.39, 0.29) is 0 Å². The Morgan fingerprint density at radius 3 is 2.94 bits per heavy atom. The first-order chi connectivity index (χ1) is 8.60. The van der Waals surface area contributed by atoms with Gasteiger partial charge in [-0.25, -0.2) is 0 Å². The fourth-order valence-corrected chi connectivity index (χ4v) is 2.40. The number of rotatable bonds is 3. The third-order valence-electron chi connectivity index (χ3n) is 3.49. The van der Waals surface area contributed by atoms with Gasteiger partial charge >= 0.3 is 0 Å². The van der Waals surface area contributed by atoms with Crippen LogP contribution < -0.4 is 16.0 Å². The maximum atomic E-state index is 5.73. The van der Waals surface area contributed by atoms with E-state index >= 15 is 0 Å². The molecule has 2 rings (SSSR count). The molecule has 0 saturated carbocycles. The summed E-state index contributed by atoms with van der Waals surface area (Å²) in [4.78, 5) is 13.0. The summed E-state index contributed by atoms with van der Waals surface area (Å²) in [5, 5.41) is 3.01. The molecule has 6 nitrogen and oxygen atoms in total. The SMILES string of the molecule is CNc1cc(N(C)C2CCCN(C)C2)nc(N)n1. The minimum absolute atomic E-state index is 0.313. The van der Waals surface area contributed by atoms with Gasteiger partial charge in [0, 0.05) is 32.7 Å². The fourth-order valence-electron chi connectivity index (χ4n) is 2.40. The molecule has 1 fully saturated rings. The number of anilines is 3. The number of nitrogens with one attached hydrogen (secondary N) is 1. The number of hydrogen-bond acceptors (Lipinski definition) is 6. The van der Waals surface area contributed by atoms with Crippen molar-refractivity contribution in [2.45, 2.75) is 18.9 Å². The van der Waals surface area contributed by atoms with E-state index in [1.807, 2.05) is 13.1 Å². The summed E-state index contributed by atoms with van der Waals surface area (Å²) in [7, 11) is 6.07. The maximum Gasteiger partial charge on any atom is 0.223 e. The second kappa shape index (κ2) is 5.39. The highest BCUT2D eigenvalue weighted by Gasteiger charge is 2.22. The molecule has 1 aliphatic rings. The molecule has 0 bridgehead atoms. The van der Waals surface area contributed by atoms with Gasteiger partial charge in [-0.05, 0) is 26.4 Å². The molecule has 3 N–H and O–H groups in total. The first-order valence-electron chi connectivity index (χ1n) is 6.34. The van der Waals surface area contributed by atoms with Crippen molar-refractivity contribution in [3.05, 3.63) is 6.07 Å². The molecule has 1 aromatic rings. The van der Waals surface area contributed by atoms with E-state index in [2.05, 4.69) is 39.2 Å². The van der Waals surface area contributed by atoms with Crippen molar-refractivity contribution in [2.75, 3.05) is 50.2 Å². The number of nitrogen functional groups attached to an aromatic ring is 1. The molecular formula is C12H22N6. The third kappa shape index (κ3) is 2.81. The van der Waals surface area contributed by atoms with Crippen LogP contribution in [0.2, 0.25) is 0 Å². The van der Waals surface area contributed by atoms with Crippen LogP contribution in [0.3, 0.4) is 0 Å². The standard InChI is InChI=1S/C12H22N6/c1-14-10-7-11(16-12(13)15-10)18(3)9-5-4-6-17(2)8-9/h7,9H,4-6,8H2,1-3H3,(H3,13,14,15,16). The minimum Gasteiger partial charge on any atom is -0.373 e. The molecule has 1 aromatic heterocycles. The summed E-state index contributed by atoms with van der Waals surface area (Å²) in [6.45, 7) is 2.24. The zero-order valence-electron chi connectivity index (χ0n) is 11.3. The van der Waals surface area contributed by atoms with Crippen molar-refractivity contribution < 1.29 is 0 Å². The maximum absolute atomic E-state index is 5.73. The van der Waals surface area contributed by atoms with Crippen LogP contribution in [0.15, 0.2) is 6.07 Å². The topological polar surface area (TPSA) is 70.3 Å². The fraction of sp³-hybridized carbons (Fsp3) is 0.667. The summed E-state index contributed by atoms with van der Waals surface area (Å²) in [5.41, 5.74) is 5.73. The minimum atomic E-state index is 0.313. The van der Waals surface area contributed by atoms with Crippen LogP contribution in [-0.4, -0.2) is 55.1 Å². The quantitative estimate of drug-likeness (QED) is 0.820. The largest absolute Gasteiger partial charge is 0.373 e. The Kier molecular flexibility index (Phi) is 3.86. The van der Waals surface area contributed by atoms with E-state index in [9.17, 15) is 0 Å². The van der Waals surface area contributed by atoms with Gasteiger partial charge in [0.2, 0.25) is 5.95 Å². The van der Waals surface area contributed by atoms with E-state index in [4.69, 9.17) is 5.73 Å². The van der Waals surface area contributed by atoms with Crippen molar-refractivity contribution in [3.8, 4) is 0 Å². The lowest BCUT2D eigenvalue weighted by molar-refractivity contribution is 0.247. The summed E-state index contributed by atoms with van der Waals surface area (Å²) < 4.78 is 0. The number of nitrogens with two attached hydrogens (primary N) is 1. The van der Waals surface area contributed by atoms with Crippen molar-refractivity contribution in [3.63, 3.8) is 0 Å². The van der Waals surface area contributed by atoms with E-state index < -0.39 is 0 Å². The number of aromatic nitrogens is 2. The monoisotopic (exact) mass is 250 g/mol. The lowest BCUT2D eigenvalue weighted by Crippen LogP contribution is -2.45. The molecule has 2 heterocycles. The van der Waals surface area contributed by atoms with Crippen molar-refractivity contribution in [2.24, 2.45) is 0 Å². The van der Waals surface area contributed by atoms with Crippen molar-refractivity contribution in [1.29, 1.82) is 0 Å². The van der Waals surface area contributed by atoms with Crippen molar-refractivity contribution in [1.82, 2.24) is 14.9 Å². The summed E-state index contributed by atoms with van der Waals surface area (Å²) in [6.07, 6.45) is 2.42. The molecule has 100 valence electrons. The van der Waals surface area contributed by atoms with E-state index in [1.165, 1.54) is 19.4 Å². The highest BCUT2D eigenvalue weighted by atomic mass is 15.3. The van der Waals surface area contributed by atoms with E-state index in [0.717, 1.165) is 18.2 Å². The molecule has 0 radical (unpaired) electrons. The Hall–Kier alpha value is -1.56. The van der Waals surface area contributed by atoms with Gasteiger partial charge in [0.1, 0.15) is 11.6 Å². The Balaban J connectivity index is 2.16. The van der Waals surface area contributed by atoms with E-state index in [1.54, 1.807) is 0 Å². The van der Waals surface area contributed by atoms with Crippen molar-refractivity contribution >= 4 is 17.6 Å². The van der Waals surface area contributed by atoms with Gasteiger partial charge in [-0.2, -0.15) is 9.97 Å². The molecule has 0 spiro atoms. The first-order valence-corrected chi connectivity index (χ1v) is 6.34. The molecule has 0 amide bonds. The van der Waals surface area contributed by atoms with Crippen LogP contribution in [-0.2, 0) is 0 Å². The number of nitrogens with zero attached hydrogens (tertiary/aromatic N) is 4. The molecule has 0 aromatic carbocycles. The number of likely N-dealkylation sites (tertiary alicyclic amines) is 1. The average molecular weight is 250 g/mol. The zero-order chi connectivity index (χ0) is 13.1. The van der Waals surface area contributed by atoms with Crippen LogP contribution in [0.5, 0.6) is 0 Å². The highest BCUT2D eigenvalue weighted by molar-refractivity contribution is 5.52. The summed E-state index contributed by atoms with van der Waals surface area (Å²) >= 11 is 0. The Bertz CT molecular complexity index is 408. The molecule has 18 heavy (non-hydrogen) atoms. The molecular weight excluding hydrogens is 228 g/mol. The van der Waals surface area contributed by atoms with Gasteiger partial charge in [0.05, 0.1) is 0 Å². The lowest BCUT2D eigenvalue weighted by atomic mass is 10.1. The molecule has 0 aliphatic carbocycles.